The van der Waals surface area contributed by atoms with Gasteiger partial charge in [-0.15, -0.1) is 0 Å². The van der Waals surface area contributed by atoms with Crippen LogP contribution in [0.25, 0.3) is 0 Å². The van der Waals surface area contributed by atoms with Gasteiger partial charge in [-0.3, -0.25) is 15.1 Å². The Hall–Kier alpha value is -2.77. The van der Waals surface area contributed by atoms with Gasteiger partial charge in [-0.25, -0.2) is 0 Å². The van der Waals surface area contributed by atoms with Gasteiger partial charge in [0.15, 0.2) is 0 Å². The van der Waals surface area contributed by atoms with E-state index in [1.165, 1.54) is 20.3 Å². The number of allylic oxidation sites excluding steroid dienone is 1. The van der Waals surface area contributed by atoms with E-state index in [4.69, 9.17) is 32.7 Å². The van der Waals surface area contributed by atoms with Crippen molar-refractivity contribution in [3.8, 4) is 11.5 Å². The first kappa shape index (κ1) is 20.0. The largest absolute Gasteiger partial charge is 0.495 e. The number of nitrogens with one attached hydrogen (secondary N) is 1. The molecule has 0 amide bonds. The molecule has 1 N–H and O–H groups in total. The summed E-state index contributed by atoms with van der Waals surface area (Å²) in [6.07, 6.45) is 1.83. The average molecular weight is 422 g/mol. The van der Waals surface area contributed by atoms with E-state index in [-0.39, 0.29) is 5.69 Å². The molecule has 0 aliphatic carbocycles. The first-order valence-corrected chi connectivity index (χ1v) is 9.03. The molecule has 28 heavy (non-hydrogen) atoms. The van der Waals surface area contributed by atoms with Gasteiger partial charge < -0.3 is 14.8 Å². The van der Waals surface area contributed by atoms with Crippen molar-refractivity contribution in [1.82, 2.24) is 0 Å². The molecule has 0 saturated heterocycles. The second-order valence-corrected chi connectivity index (χ2v) is 6.67. The summed E-state index contributed by atoms with van der Waals surface area (Å²) in [6.45, 7) is 0.827. The molecule has 2 aromatic carbocycles. The van der Waals surface area contributed by atoms with Crippen molar-refractivity contribution in [3.63, 3.8) is 0 Å². The van der Waals surface area contributed by atoms with E-state index in [1.54, 1.807) is 24.3 Å². The van der Waals surface area contributed by atoms with Gasteiger partial charge >= 0.3 is 0 Å². The number of halogens is 2. The maximum absolute atomic E-state index is 11.2. The van der Waals surface area contributed by atoms with E-state index in [9.17, 15) is 10.1 Å². The highest BCUT2D eigenvalue weighted by Gasteiger charge is 2.21. The second-order valence-electron chi connectivity index (χ2n) is 5.92. The number of aliphatic imine (C=N–C) groups is 1. The Morgan fingerprint density at radius 2 is 1.82 bits per heavy atom. The zero-order valence-electron chi connectivity index (χ0n) is 15.2. The molecule has 0 aromatic heterocycles. The molecule has 0 radical (unpaired) electrons. The molecule has 0 unspecified atom stereocenters. The Kier molecular flexibility index (Phi) is 6.06. The molecule has 1 heterocycles. The minimum Gasteiger partial charge on any atom is -0.495 e. The predicted molar refractivity (Wildman–Crippen MR) is 111 cm³/mol. The summed E-state index contributed by atoms with van der Waals surface area (Å²) >= 11 is 12.7. The van der Waals surface area contributed by atoms with Gasteiger partial charge in [-0.2, -0.15) is 0 Å². The number of rotatable bonds is 7. The normalized spacial score (nSPS) is 13.0. The molecule has 9 heteroatoms. The molecule has 0 saturated carbocycles. The lowest BCUT2D eigenvalue weighted by atomic mass is 10.1. The van der Waals surface area contributed by atoms with Crippen LogP contribution in [0.1, 0.15) is 5.56 Å². The number of nitrogens with zero attached hydrogens (tertiary/aromatic N) is 2. The van der Waals surface area contributed by atoms with Crippen LogP contribution in [-0.2, 0) is 0 Å². The molecule has 2 aromatic rings. The topological polar surface area (TPSA) is 86.0 Å². The molecule has 3 rings (SSSR count). The number of benzene rings is 2. The molecule has 7 nitrogen and oxygen atoms in total. The summed E-state index contributed by atoms with van der Waals surface area (Å²) in [6, 6.07) is 8.13. The van der Waals surface area contributed by atoms with Crippen molar-refractivity contribution in [2.75, 3.05) is 32.6 Å². The van der Waals surface area contributed by atoms with Crippen LogP contribution >= 0.6 is 23.2 Å². The molecule has 0 spiro atoms. The molecule has 0 fully saturated rings. The number of hydrogen-bond acceptors (Lipinski definition) is 6. The summed E-state index contributed by atoms with van der Waals surface area (Å²) in [5.74, 6) is 0.866. The number of nitro groups is 1. The maximum atomic E-state index is 11.2. The third kappa shape index (κ3) is 3.90. The highest BCUT2D eigenvalue weighted by Crippen LogP contribution is 2.44. The fourth-order valence-electron chi connectivity index (χ4n) is 2.83. The minimum absolute atomic E-state index is 0.0235. The van der Waals surface area contributed by atoms with E-state index in [0.29, 0.717) is 51.6 Å². The van der Waals surface area contributed by atoms with E-state index in [1.807, 2.05) is 6.08 Å². The Balaban J connectivity index is 1.81. The van der Waals surface area contributed by atoms with Crippen LogP contribution in [0.5, 0.6) is 11.5 Å². The van der Waals surface area contributed by atoms with E-state index >= 15 is 0 Å². The quantitative estimate of drug-likeness (QED) is 0.514. The highest BCUT2D eigenvalue weighted by atomic mass is 35.5. The molecular weight excluding hydrogens is 405 g/mol. The van der Waals surface area contributed by atoms with Crippen molar-refractivity contribution in [1.29, 1.82) is 0 Å². The van der Waals surface area contributed by atoms with Crippen molar-refractivity contribution in [2.24, 2.45) is 4.99 Å². The highest BCUT2D eigenvalue weighted by molar-refractivity contribution is 6.41. The summed E-state index contributed by atoms with van der Waals surface area (Å²) in [5.41, 5.74) is 2.50. The lowest BCUT2D eigenvalue weighted by Gasteiger charge is -2.16. The van der Waals surface area contributed by atoms with Gasteiger partial charge in [-0.05, 0) is 17.7 Å². The monoisotopic (exact) mass is 421 g/mol. The van der Waals surface area contributed by atoms with Crippen LogP contribution in [0.2, 0.25) is 10.0 Å². The third-order valence-electron chi connectivity index (χ3n) is 4.24. The van der Waals surface area contributed by atoms with Crippen molar-refractivity contribution < 1.29 is 14.4 Å². The number of hydrogen-bond donors (Lipinski definition) is 1. The Morgan fingerprint density at radius 1 is 1.18 bits per heavy atom. The van der Waals surface area contributed by atoms with Gasteiger partial charge in [0.1, 0.15) is 21.5 Å². The summed E-state index contributed by atoms with van der Waals surface area (Å²) in [5, 5.41) is 15.1. The van der Waals surface area contributed by atoms with Gasteiger partial charge in [-0.1, -0.05) is 35.3 Å². The lowest BCUT2D eigenvalue weighted by Crippen LogP contribution is -2.08. The van der Waals surface area contributed by atoms with Crippen molar-refractivity contribution in [3.05, 3.63) is 67.7 Å². The van der Waals surface area contributed by atoms with E-state index in [0.717, 1.165) is 5.57 Å². The van der Waals surface area contributed by atoms with Crippen LogP contribution in [0.4, 0.5) is 11.4 Å². The zero-order valence-corrected chi connectivity index (χ0v) is 16.7. The van der Waals surface area contributed by atoms with Crippen LogP contribution < -0.4 is 14.8 Å². The molecular formula is C19H17Cl2N3O4. The second kappa shape index (κ2) is 8.50. The Bertz CT molecular complexity index is 961. The minimum atomic E-state index is -0.413. The van der Waals surface area contributed by atoms with Crippen LogP contribution in [0.15, 0.2) is 47.0 Å². The van der Waals surface area contributed by atoms with Crippen molar-refractivity contribution >= 4 is 40.3 Å². The SMILES string of the molecule is COc1cc(OC)c(Cl)c(NCC2=CC(c3ccccc3[N+](=O)[O-])=NC2)c1Cl. The van der Waals surface area contributed by atoms with Gasteiger partial charge in [0.05, 0.1) is 42.7 Å². The molecule has 0 bridgehead atoms. The molecule has 1 aliphatic rings. The van der Waals surface area contributed by atoms with Crippen LogP contribution in [0, 0.1) is 10.1 Å². The van der Waals surface area contributed by atoms with Crippen LogP contribution in [0.3, 0.4) is 0 Å². The van der Waals surface area contributed by atoms with E-state index < -0.39 is 4.92 Å². The first-order chi connectivity index (χ1) is 13.5. The molecule has 1 aliphatic heterocycles. The average Bonchev–Trinajstić information content (AvgIpc) is 3.17. The standard InChI is InChI=1S/C19H17Cl2N3O4/c1-27-15-8-16(28-2)18(21)19(17(15)20)23-10-11-7-13(22-9-11)12-5-3-4-6-14(12)24(25)26/h3-8,23H,9-10H2,1-2H3. The van der Waals surface area contributed by atoms with Crippen molar-refractivity contribution in [2.45, 2.75) is 0 Å². The maximum Gasteiger partial charge on any atom is 0.278 e. The third-order valence-corrected chi connectivity index (χ3v) is 4.99. The predicted octanol–water partition coefficient (Wildman–Crippen LogP) is 4.76. The fraction of sp³-hybridized carbons (Fsp3) is 0.211. The van der Waals surface area contributed by atoms with E-state index in [2.05, 4.69) is 10.3 Å². The van der Waals surface area contributed by atoms with Gasteiger partial charge in [0, 0.05) is 18.7 Å². The summed E-state index contributed by atoms with van der Waals surface area (Å²) in [7, 11) is 3.01. The first-order valence-electron chi connectivity index (χ1n) is 8.27. The fourth-order valence-corrected chi connectivity index (χ4v) is 3.47. The number of ether oxygens (including phenoxy) is 2. The zero-order chi connectivity index (χ0) is 20.3. The molecule has 146 valence electrons. The number of para-hydroxylation sites is 1. The molecule has 0 atom stereocenters. The number of anilines is 1. The smallest absolute Gasteiger partial charge is 0.278 e. The summed E-state index contributed by atoms with van der Waals surface area (Å²) in [4.78, 5) is 15.2. The number of nitro benzene ring substituents is 1. The number of methoxy groups -OCH3 is 2. The van der Waals surface area contributed by atoms with Crippen LogP contribution in [-0.4, -0.2) is 37.9 Å². The van der Waals surface area contributed by atoms with Gasteiger partial charge in [0.25, 0.3) is 5.69 Å². The van der Waals surface area contributed by atoms with Gasteiger partial charge in [0.2, 0.25) is 0 Å². The lowest BCUT2D eigenvalue weighted by molar-refractivity contribution is -0.385. The Labute approximate surface area is 171 Å². The Morgan fingerprint density at radius 3 is 2.43 bits per heavy atom. The summed E-state index contributed by atoms with van der Waals surface area (Å²) < 4.78 is 10.5.